The second kappa shape index (κ2) is 11.1. The molecule has 0 atom stereocenters. The van der Waals surface area contributed by atoms with E-state index in [0.29, 0.717) is 23.0 Å². The number of hydrogen-bond donors (Lipinski definition) is 0. The van der Waals surface area contributed by atoms with E-state index in [-0.39, 0.29) is 18.0 Å². The summed E-state index contributed by atoms with van der Waals surface area (Å²) < 4.78 is 22.6. The van der Waals surface area contributed by atoms with E-state index in [1.807, 2.05) is 76.2 Å². The number of rotatable bonds is 8. The highest BCUT2D eigenvalue weighted by Crippen LogP contribution is 2.34. The van der Waals surface area contributed by atoms with Gasteiger partial charge >= 0.3 is 0 Å². The van der Waals surface area contributed by atoms with Gasteiger partial charge in [-0.05, 0) is 94.5 Å². The summed E-state index contributed by atoms with van der Waals surface area (Å²) in [5.74, 6) is 2.80. The number of Topliss-reactive ketones (excluding diaryl/α,β-unsaturated/α-hetero) is 1. The van der Waals surface area contributed by atoms with Gasteiger partial charge in [-0.25, -0.2) is 0 Å². The van der Waals surface area contributed by atoms with E-state index in [9.17, 15) is 4.79 Å². The van der Waals surface area contributed by atoms with Gasteiger partial charge in [0.05, 0.1) is 26.4 Å². The molecule has 1 aliphatic carbocycles. The number of benzene rings is 2. The zero-order valence-electron chi connectivity index (χ0n) is 20.4. The molecule has 0 radical (unpaired) electrons. The fraction of sp³-hybridized carbons (Fsp3) is 0.393. The number of hydrogen-bond acceptors (Lipinski definition) is 5. The van der Waals surface area contributed by atoms with Crippen molar-refractivity contribution in [3.05, 3.63) is 58.7 Å². The maximum absolute atomic E-state index is 13.2. The Balaban J connectivity index is 1.85. The average molecular weight is 451 g/mol. The van der Waals surface area contributed by atoms with E-state index >= 15 is 0 Å². The molecule has 0 saturated heterocycles. The van der Waals surface area contributed by atoms with Gasteiger partial charge in [0.1, 0.15) is 0 Å². The topological polar surface area (TPSA) is 54.0 Å². The van der Waals surface area contributed by atoms with Gasteiger partial charge in [0, 0.05) is 11.1 Å². The first-order valence-corrected chi connectivity index (χ1v) is 11.5. The van der Waals surface area contributed by atoms with E-state index in [1.54, 1.807) is 14.2 Å². The normalized spacial score (nSPS) is 16.5. The van der Waals surface area contributed by atoms with E-state index in [2.05, 4.69) is 0 Å². The number of methoxy groups -OCH3 is 2. The largest absolute Gasteiger partial charge is 0.493 e. The first-order valence-electron chi connectivity index (χ1n) is 11.5. The molecule has 0 aromatic heterocycles. The van der Waals surface area contributed by atoms with Gasteiger partial charge in [-0.15, -0.1) is 0 Å². The van der Waals surface area contributed by atoms with Gasteiger partial charge in [0.25, 0.3) is 0 Å². The van der Waals surface area contributed by atoms with Crippen molar-refractivity contribution < 1.29 is 23.7 Å². The highest BCUT2D eigenvalue weighted by molar-refractivity contribution is 6.14. The van der Waals surface area contributed by atoms with Crippen LogP contribution in [0.4, 0.5) is 0 Å². The molecule has 1 saturated carbocycles. The lowest BCUT2D eigenvalue weighted by molar-refractivity contribution is -0.112. The average Bonchev–Trinajstić information content (AvgIpc) is 2.77. The Labute approximate surface area is 197 Å². The van der Waals surface area contributed by atoms with Crippen LogP contribution in [0.2, 0.25) is 0 Å². The lowest BCUT2D eigenvalue weighted by Gasteiger charge is -2.18. The summed E-state index contributed by atoms with van der Waals surface area (Å²) in [4.78, 5) is 13.2. The molecule has 1 fully saturated rings. The summed E-state index contributed by atoms with van der Waals surface area (Å²) in [6.07, 6.45) is 6.47. The molecule has 0 heterocycles. The van der Waals surface area contributed by atoms with Crippen LogP contribution in [0.15, 0.2) is 47.5 Å². The number of ketones is 1. The SMILES string of the molecule is COc1cc(C=C2CCCC(=Cc3ccc(OC(C)C)c(OC)c3)C2=O)ccc1OC(C)C. The zero-order chi connectivity index (χ0) is 24.0. The maximum atomic E-state index is 13.2. The molecule has 2 aromatic carbocycles. The number of carbonyl (C=O) groups is 1. The summed E-state index contributed by atoms with van der Waals surface area (Å²) in [5.41, 5.74) is 3.45. The third kappa shape index (κ3) is 6.41. The monoisotopic (exact) mass is 450 g/mol. The fourth-order valence-corrected chi connectivity index (χ4v) is 3.83. The van der Waals surface area contributed by atoms with Gasteiger partial charge in [0.2, 0.25) is 0 Å². The Kier molecular flexibility index (Phi) is 8.21. The quantitative estimate of drug-likeness (QED) is 0.430. The minimum absolute atomic E-state index is 0.0559. The number of carbonyl (C=O) groups excluding carboxylic acids is 1. The van der Waals surface area contributed by atoms with Crippen molar-refractivity contribution in [3.8, 4) is 23.0 Å². The number of allylic oxidation sites excluding steroid dienone is 2. The highest BCUT2D eigenvalue weighted by atomic mass is 16.5. The van der Waals surface area contributed by atoms with Gasteiger partial charge in [-0.1, -0.05) is 12.1 Å². The summed E-state index contributed by atoms with van der Waals surface area (Å²) in [5, 5.41) is 0. The van der Waals surface area contributed by atoms with Crippen molar-refractivity contribution in [1.29, 1.82) is 0 Å². The van der Waals surface area contributed by atoms with E-state index < -0.39 is 0 Å². The Bertz CT molecular complexity index is 965. The predicted octanol–water partition coefficient (Wildman–Crippen LogP) is 6.50. The second-order valence-corrected chi connectivity index (χ2v) is 8.68. The van der Waals surface area contributed by atoms with Crippen molar-refractivity contribution in [1.82, 2.24) is 0 Å². The smallest absolute Gasteiger partial charge is 0.185 e. The van der Waals surface area contributed by atoms with Gasteiger partial charge in [-0.2, -0.15) is 0 Å². The lowest BCUT2D eigenvalue weighted by Crippen LogP contribution is -2.12. The first kappa shape index (κ1) is 24.4. The second-order valence-electron chi connectivity index (χ2n) is 8.68. The van der Waals surface area contributed by atoms with Crippen LogP contribution in [-0.4, -0.2) is 32.2 Å². The van der Waals surface area contributed by atoms with Crippen molar-refractivity contribution in [2.24, 2.45) is 0 Å². The van der Waals surface area contributed by atoms with Gasteiger partial charge < -0.3 is 18.9 Å². The number of ether oxygens (including phenoxy) is 4. The molecule has 0 amide bonds. The summed E-state index contributed by atoms with van der Waals surface area (Å²) in [6.45, 7) is 7.91. The van der Waals surface area contributed by atoms with Crippen LogP contribution in [-0.2, 0) is 4.79 Å². The molecule has 176 valence electrons. The zero-order valence-corrected chi connectivity index (χ0v) is 20.4. The van der Waals surface area contributed by atoms with Crippen molar-refractivity contribution >= 4 is 17.9 Å². The molecule has 0 unspecified atom stereocenters. The van der Waals surface area contributed by atoms with Crippen molar-refractivity contribution in [2.75, 3.05) is 14.2 Å². The molecule has 1 aliphatic rings. The van der Waals surface area contributed by atoms with E-state index in [1.165, 1.54) is 0 Å². The molecule has 0 aliphatic heterocycles. The molecule has 5 heteroatoms. The molecule has 3 rings (SSSR count). The lowest BCUT2D eigenvalue weighted by atomic mass is 9.87. The minimum Gasteiger partial charge on any atom is -0.493 e. The van der Waals surface area contributed by atoms with Crippen molar-refractivity contribution in [3.63, 3.8) is 0 Å². The summed E-state index contributed by atoms with van der Waals surface area (Å²) in [6, 6.07) is 11.5. The first-order chi connectivity index (χ1) is 15.8. The van der Waals surface area contributed by atoms with Gasteiger partial charge in [-0.3, -0.25) is 4.79 Å². The Morgan fingerprint density at radius 2 is 1.12 bits per heavy atom. The van der Waals surface area contributed by atoms with Crippen LogP contribution in [0.1, 0.15) is 58.1 Å². The molecule has 2 aromatic rings. The van der Waals surface area contributed by atoms with Crippen LogP contribution in [0.25, 0.3) is 12.2 Å². The molecule has 0 spiro atoms. The Hall–Kier alpha value is -3.21. The molecular formula is C28H34O5. The Morgan fingerprint density at radius 3 is 1.48 bits per heavy atom. The van der Waals surface area contributed by atoms with Crippen molar-refractivity contribution in [2.45, 2.75) is 59.2 Å². The van der Waals surface area contributed by atoms with Gasteiger partial charge in [0.15, 0.2) is 28.8 Å². The maximum Gasteiger partial charge on any atom is 0.185 e. The standard InChI is InChI=1S/C28H34O5/c1-18(2)32-24-12-10-20(16-26(24)30-5)14-22-8-7-9-23(28(22)29)15-21-11-13-25(33-19(3)4)27(17-21)31-6/h10-19H,7-9H2,1-6H3. The van der Waals surface area contributed by atoms with Crippen LogP contribution >= 0.6 is 0 Å². The molecule has 0 N–H and O–H groups in total. The summed E-state index contributed by atoms with van der Waals surface area (Å²) in [7, 11) is 3.25. The molecule has 0 bridgehead atoms. The molecular weight excluding hydrogens is 416 g/mol. The predicted molar refractivity (Wildman–Crippen MR) is 132 cm³/mol. The van der Waals surface area contributed by atoms with E-state index in [4.69, 9.17) is 18.9 Å². The minimum atomic E-state index is 0.0559. The fourth-order valence-electron chi connectivity index (χ4n) is 3.83. The van der Waals surface area contributed by atoms with Crippen LogP contribution in [0.5, 0.6) is 23.0 Å². The van der Waals surface area contributed by atoms with Crippen LogP contribution in [0, 0.1) is 0 Å². The highest BCUT2D eigenvalue weighted by Gasteiger charge is 2.21. The Morgan fingerprint density at radius 1 is 0.697 bits per heavy atom. The van der Waals surface area contributed by atoms with Crippen LogP contribution < -0.4 is 18.9 Å². The third-order valence-corrected chi connectivity index (χ3v) is 5.26. The van der Waals surface area contributed by atoms with Crippen LogP contribution in [0.3, 0.4) is 0 Å². The summed E-state index contributed by atoms with van der Waals surface area (Å²) >= 11 is 0. The molecule has 5 nitrogen and oxygen atoms in total. The van der Waals surface area contributed by atoms with E-state index in [0.717, 1.165) is 41.5 Å². The third-order valence-electron chi connectivity index (χ3n) is 5.26. The molecule has 33 heavy (non-hydrogen) atoms.